The molecule has 0 radical (unpaired) electrons. The summed E-state index contributed by atoms with van der Waals surface area (Å²) in [6.45, 7) is 0. The van der Waals surface area contributed by atoms with Crippen LogP contribution in [-0.4, -0.2) is 55.5 Å². The van der Waals surface area contributed by atoms with Crippen molar-refractivity contribution in [2.45, 2.75) is 42.8 Å². The van der Waals surface area contributed by atoms with E-state index in [2.05, 4.69) is 5.32 Å². The predicted molar refractivity (Wildman–Crippen MR) is 128 cm³/mol. The van der Waals surface area contributed by atoms with Gasteiger partial charge in [-0.25, -0.2) is 13.2 Å². The van der Waals surface area contributed by atoms with Crippen LogP contribution in [0.15, 0.2) is 54.6 Å². The van der Waals surface area contributed by atoms with E-state index in [4.69, 9.17) is 21.4 Å². The third kappa shape index (κ3) is 8.85. The molecule has 1 fully saturated rings. The molecule has 0 aliphatic carbocycles. The first-order valence-electron chi connectivity index (χ1n) is 10.9. The zero-order valence-corrected chi connectivity index (χ0v) is 20.5. The number of benzene rings is 2. The van der Waals surface area contributed by atoms with Gasteiger partial charge < -0.3 is 21.9 Å². The lowest BCUT2D eigenvalue weighted by molar-refractivity contribution is -0.192. The number of carbonyl (C=O) groups excluding carboxylic acids is 3. The lowest BCUT2D eigenvalue weighted by atomic mass is 10.0. The monoisotopic (exact) mass is 558 g/mol. The van der Waals surface area contributed by atoms with Crippen molar-refractivity contribution in [3.8, 4) is 0 Å². The lowest BCUT2D eigenvalue weighted by Gasteiger charge is -2.19. The second-order valence-electron chi connectivity index (χ2n) is 8.27. The molecule has 1 aliphatic heterocycles. The fraction of sp³-hybridized carbons (Fsp3) is 0.304. The van der Waals surface area contributed by atoms with E-state index in [-0.39, 0.29) is 12.8 Å². The van der Waals surface area contributed by atoms with Gasteiger partial charge in [-0.05, 0) is 23.1 Å². The molecule has 7 N–H and O–H groups in total. The van der Waals surface area contributed by atoms with E-state index in [0.29, 0.717) is 17.5 Å². The van der Waals surface area contributed by atoms with Crippen LogP contribution in [0, 0.1) is 0 Å². The molecular formula is C23H25F3N4O7S. The predicted octanol–water partition coefficient (Wildman–Crippen LogP) is 0.293. The van der Waals surface area contributed by atoms with Crippen molar-refractivity contribution in [2.75, 3.05) is 0 Å². The van der Waals surface area contributed by atoms with Gasteiger partial charge in [0.15, 0.2) is 0 Å². The second-order valence-corrected chi connectivity index (χ2v) is 10.1. The number of alkyl halides is 3. The van der Waals surface area contributed by atoms with Crippen LogP contribution in [0.4, 0.5) is 13.2 Å². The van der Waals surface area contributed by atoms with Gasteiger partial charge in [0.1, 0.15) is 11.3 Å². The van der Waals surface area contributed by atoms with E-state index in [9.17, 15) is 36.0 Å². The van der Waals surface area contributed by atoms with Gasteiger partial charge >= 0.3 is 12.1 Å². The largest absolute Gasteiger partial charge is 0.490 e. The highest BCUT2D eigenvalue weighted by Gasteiger charge is 2.38. The summed E-state index contributed by atoms with van der Waals surface area (Å²) >= 11 is 0. The van der Waals surface area contributed by atoms with Crippen LogP contribution in [0.2, 0.25) is 0 Å². The van der Waals surface area contributed by atoms with Crippen LogP contribution in [0.5, 0.6) is 0 Å². The van der Waals surface area contributed by atoms with Crippen molar-refractivity contribution in [3.63, 3.8) is 0 Å². The highest BCUT2D eigenvalue weighted by atomic mass is 32.2. The minimum Gasteiger partial charge on any atom is -0.475 e. The highest BCUT2D eigenvalue weighted by molar-refractivity contribution is 7.90. The molecule has 206 valence electrons. The molecule has 11 nitrogen and oxygen atoms in total. The van der Waals surface area contributed by atoms with Crippen LogP contribution in [0.25, 0.3) is 0 Å². The molecule has 1 aliphatic rings. The summed E-state index contributed by atoms with van der Waals surface area (Å²) in [4.78, 5) is 44.6. The van der Waals surface area contributed by atoms with E-state index in [0.717, 1.165) is 5.56 Å². The molecule has 0 aromatic heterocycles. The minimum absolute atomic E-state index is 0.119. The first kappa shape index (κ1) is 30.2. The van der Waals surface area contributed by atoms with E-state index < -0.39 is 57.2 Å². The van der Waals surface area contributed by atoms with Crippen LogP contribution >= 0.6 is 0 Å². The van der Waals surface area contributed by atoms with E-state index >= 15 is 0 Å². The van der Waals surface area contributed by atoms with Crippen molar-refractivity contribution < 1.29 is 45.9 Å². The maximum Gasteiger partial charge on any atom is 0.490 e. The van der Waals surface area contributed by atoms with Gasteiger partial charge in [0.2, 0.25) is 27.7 Å². The number of halogens is 3. The fourth-order valence-electron chi connectivity index (χ4n) is 3.41. The van der Waals surface area contributed by atoms with Gasteiger partial charge in [-0.15, -0.1) is 0 Å². The van der Waals surface area contributed by atoms with Crippen molar-refractivity contribution in [3.05, 3.63) is 71.3 Å². The molecule has 38 heavy (non-hydrogen) atoms. The smallest absolute Gasteiger partial charge is 0.475 e. The van der Waals surface area contributed by atoms with E-state index in [1.54, 1.807) is 24.3 Å². The van der Waals surface area contributed by atoms with Crippen LogP contribution in [0.1, 0.15) is 28.4 Å². The molecule has 1 heterocycles. The molecule has 0 bridgehead atoms. The number of nitrogens with two attached hydrogens (primary N) is 2. The average molecular weight is 559 g/mol. The number of hydrogen-bond acceptors (Lipinski definition) is 7. The Labute approximate surface area is 215 Å². The number of amides is 3. The second kappa shape index (κ2) is 12.5. The number of aliphatic carboxylic acids is 1. The number of primary amides is 1. The van der Waals surface area contributed by atoms with Gasteiger partial charge in [0.25, 0.3) is 0 Å². The molecule has 1 saturated heterocycles. The summed E-state index contributed by atoms with van der Waals surface area (Å²) in [6.07, 6.45) is -4.79. The van der Waals surface area contributed by atoms with Crippen molar-refractivity contribution in [1.82, 2.24) is 10.0 Å². The zero-order valence-electron chi connectivity index (χ0n) is 19.6. The number of nitrogens with one attached hydrogen (secondary N) is 2. The summed E-state index contributed by atoms with van der Waals surface area (Å²) in [7, 11) is -3.73. The molecule has 2 aromatic rings. The van der Waals surface area contributed by atoms with Crippen molar-refractivity contribution >= 4 is 33.7 Å². The molecular weight excluding hydrogens is 533 g/mol. The number of hydrogen-bond donors (Lipinski definition) is 5. The van der Waals surface area contributed by atoms with Gasteiger partial charge in [0, 0.05) is 6.42 Å². The number of sulfonamides is 1. The van der Waals surface area contributed by atoms with Crippen molar-refractivity contribution in [2.24, 2.45) is 11.5 Å². The van der Waals surface area contributed by atoms with Gasteiger partial charge in [-0.3, -0.25) is 19.1 Å². The Morgan fingerprint density at radius 2 is 1.55 bits per heavy atom. The standard InChI is InChI=1S/C21H24N4O5S.C2HF3O2/c22-16(10-13-4-2-1-3-5-13)21(28)24-17(20(23)27)11-14-6-8-15(9-7-14)18-12-19(26)25-31(18,29)30;3-2(4,5)1(6)7/h1-9,16-18H,10-12,22H2,(H2,23,27)(H,24,28)(H,25,26);(H,6,7)/t16?,17-,18-;/m0./s1. The third-order valence-electron chi connectivity index (χ3n) is 5.33. The summed E-state index contributed by atoms with van der Waals surface area (Å²) in [6, 6.07) is 13.9. The van der Waals surface area contributed by atoms with Gasteiger partial charge in [-0.1, -0.05) is 54.6 Å². The Morgan fingerprint density at radius 1 is 1.03 bits per heavy atom. The zero-order chi connectivity index (χ0) is 28.7. The molecule has 15 heteroatoms. The van der Waals surface area contributed by atoms with Gasteiger partial charge in [0.05, 0.1) is 12.5 Å². The van der Waals surface area contributed by atoms with Crippen LogP contribution < -0.4 is 21.5 Å². The third-order valence-corrected chi connectivity index (χ3v) is 7.03. The molecule has 0 spiro atoms. The molecule has 0 saturated carbocycles. The topological polar surface area (TPSA) is 199 Å². The highest BCUT2D eigenvalue weighted by Crippen LogP contribution is 2.30. The fourth-order valence-corrected chi connectivity index (χ4v) is 4.84. The van der Waals surface area contributed by atoms with E-state index in [1.165, 1.54) is 0 Å². The van der Waals surface area contributed by atoms with E-state index in [1.807, 2.05) is 35.1 Å². The molecule has 3 amide bonds. The number of carboxylic acids is 1. The Kier molecular flexibility index (Phi) is 9.96. The molecule has 1 unspecified atom stereocenters. The van der Waals surface area contributed by atoms with Crippen molar-refractivity contribution in [1.29, 1.82) is 0 Å². The quantitative estimate of drug-likeness (QED) is 0.304. The lowest BCUT2D eigenvalue weighted by Crippen LogP contribution is -2.51. The molecule has 3 rings (SSSR count). The van der Waals surface area contributed by atoms with Gasteiger partial charge in [-0.2, -0.15) is 13.2 Å². The summed E-state index contributed by atoms with van der Waals surface area (Å²) in [5, 5.41) is 8.76. The summed E-state index contributed by atoms with van der Waals surface area (Å²) < 4.78 is 57.7. The number of carbonyl (C=O) groups is 4. The number of rotatable bonds is 8. The molecule has 3 atom stereocenters. The molecule has 2 aromatic carbocycles. The van der Waals surface area contributed by atoms with Crippen LogP contribution in [-0.2, 0) is 42.0 Å². The maximum absolute atomic E-state index is 12.4. The normalized spacial score (nSPS) is 17.8. The Bertz CT molecular complexity index is 1270. The summed E-state index contributed by atoms with van der Waals surface area (Å²) in [5.74, 6) is -4.51. The summed E-state index contributed by atoms with van der Waals surface area (Å²) in [5.41, 5.74) is 13.4. The minimum atomic E-state index is -5.08. The SMILES string of the molecule is NC(=O)[C@H](Cc1ccc([C@@H]2CC(=O)NS2(=O)=O)cc1)NC(=O)C(N)Cc1ccccc1.O=C(O)C(F)(F)F. The first-order chi connectivity index (χ1) is 17.6. The Balaban J connectivity index is 0.000000638. The average Bonchev–Trinajstić information content (AvgIpc) is 3.11. The maximum atomic E-state index is 12.4. The Hall–Kier alpha value is -3.98. The number of carboxylic acid groups (broad SMARTS) is 1. The van der Waals surface area contributed by atoms with Crippen LogP contribution in [0.3, 0.4) is 0 Å². The Morgan fingerprint density at radius 3 is 2.00 bits per heavy atom. The first-order valence-corrected chi connectivity index (χ1v) is 12.5.